The van der Waals surface area contributed by atoms with Crippen molar-refractivity contribution in [3.63, 3.8) is 0 Å². The Morgan fingerprint density at radius 1 is 1.27 bits per heavy atom. The van der Waals surface area contributed by atoms with Gasteiger partial charge in [-0.25, -0.2) is 0 Å². The number of nitrogen functional groups attached to an aromatic ring is 1. The Bertz CT molecular complexity index is 410. The fourth-order valence-electron chi connectivity index (χ4n) is 1.84. The SMILES string of the molecule is Nc1ccncc1C1=CC(=O)CCCC1. The van der Waals surface area contributed by atoms with E-state index in [0.29, 0.717) is 12.1 Å². The molecule has 78 valence electrons. The van der Waals surface area contributed by atoms with Gasteiger partial charge in [0.15, 0.2) is 5.78 Å². The molecule has 15 heavy (non-hydrogen) atoms. The van der Waals surface area contributed by atoms with Crippen LogP contribution in [0.1, 0.15) is 31.2 Å². The van der Waals surface area contributed by atoms with E-state index in [9.17, 15) is 4.79 Å². The molecule has 3 heteroatoms. The molecular formula is C12H14N2O. The molecule has 0 bridgehead atoms. The maximum absolute atomic E-state index is 11.4. The van der Waals surface area contributed by atoms with Crippen molar-refractivity contribution in [2.75, 3.05) is 5.73 Å². The zero-order chi connectivity index (χ0) is 10.7. The van der Waals surface area contributed by atoms with Gasteiger partial charge >= 0.3 is 0 Å². The van der Waals surface area contributed by atoms with E-state index >= 15 is 0 Å². The zero-order valence-corrected chi connectivity index (χ0v) is 8.57. The predicted octanol–water partition coefficient (Wildman–Crippen LogP) is 2.19. The van der Waals surface area contributed by atoms with Crippen LogP contribution in [-0.2, 0) is 4.79 Å². The number of anilines is 1. The number of allylic oxidation sites excluding steroid dienone is 2. The fourth-order valence-corrected chi connectivity index (χ4v) is 1.84. The molecule has 0 spiro atoms. The lowest BCUT2D eigenvalue weighted by Gasteiger charge is -2.07. The molecule has 1 heterocycles. The first-order valence-electron chi connectivity index (χ1n) is 5.20. The van der Waals surface area contributed by atoms with E-state index in [4.69, 9.17) is 5.73 Å². The summed E-state index contributed by atoms with van der Waals surface area (Å²) in [7, 11) is 0. The van der Waals surface area contributed by atoms with Crippen molar-refractivity contribution in [3.8, 4) is 0 Å². The molecule has 1 aromatic rings. The Morgan fingerprint density at radius 3 is 2.87 bits per heavy atom. The molecule has 0 amide bonds. The second-order valence-electron chi connectivity index (χ2n) is 3.81. The highest BCUT2D eigenvalue weighted by atomic mass is 16.1. The Labute approximate surface area is 89.0 Å². The van der Waals surface area contributed by atoms with E-state index in [2.05, 4.69) is 4.98 Å². The minimum atomic E-state index is 0.200. The molecule has 0 fully saturated rings. The average Bonchev–Trinajstić information content (AvgIpc) is 2.43. The van der Waals surface area contributed by atoms with Gasteiger partial charge < -0.3 is 5.73 Å². The number of hydrogen-bond acceptors (Lipinski definition) is 3. The second-order valence-corrected chi connectivity index (χ2v) is 3.81. The molecule has 0 radical (unpaired) electrons. The van der Waals surface area contributed by atoms with Crippen LogP contribution < -0.4 is 5.73 Å². The lowest BCUT2D eigenvalue weighted by atomic mass is 10.0. The highest BCUT2D eigenvalue weighted by Crippen LogP contribution is 2.27. The lowest BCUT2D eigenvalue weighted by Crippen LogP contribution is -1.96. The predicted molar refractivity (Wildman–Crippen MR) is 60.1 cm³/mol. The topological polar surface area (TPSA) is 56.0 Å². The van der Waals surface area contributed by atoms with Crippen molar-refractivity contribution < 1.29 is 4.79 Å². The van der Waals surface area contributed by atoms with Gasteiger partial charge in [0.05, 0.1) is 0 Å². The van der Waals surface area contributed by atoms with Gasteiger partial charge in [0.25, 0.3) is 0 Å². The quantitative estimate of drug-likeness (QED) is 0.759. The summed E-state index contributed by atoms with van der Waals surface area (Å²) in [5, 5.41) is 0. The minimum Gasteiger partial charge on any atom is -0.398 e. The third-order valence-corrected chi connectivity index (χ3v) is 2.66. The second kappa shape index (κ2) is 4.26. The number of carbonyl (C=O) groups excluding carboxylic acids is 1. The van der Waals surface area contributed by atoms with Crippen LogP contribution in [0.15, 0.2) is 24.5 Å². The number of rotatable bonds is 1. The van der Waals surface area contributed by atoms with Crippen LogP contribution in [0.3, 0.4) is 0 Å². The van der Waals surface area contributed by atoms with Crippen molar-refractivity contribution in [2.24, 2.45) is 0 Å². The number of hydrogen-bond donors (Lipinski definition) is 1. The molecule has 0 atom stereocenters. The molecule has 1 aliphatic carbocycles. The summed E-state index contributed by atoms with van der Waals surface area (Å²) < 4.78 is 0. The molecule has 2 rings (SSSR count). The number of aromatic nitrogens is 1. The maximum Gasteiger partial charge on any atom is 0.155 e. The summed E-state index contributed by atoms with van der Waals surface area (Å²) in [5.41, 5.74) is 8.50. The molecular weight excluding hydrogens is 188 g/mol. The molecule has 2 N–H and O–H groups in total. The molecule has 0 saturated heterocycles. The monoisotopic (exact) mass is 202 g/mol. The van der Waals surface area contributed by atoms with Crippen molar-refractivity contribution in [1.29, 1.82) is 0 Å². The van der Waals surface area contributed by atoms with E-state index < -0.39 is 0 Å². The van der Waals surface area contributed by atoms with Gasteiger partial charge in [-0.2, -0.15) is 0 Å². The normalized spacial score (nSPS) is 17.1. The van der Waals surface area contributed by atoms with Gasteiger partial charge in [0, 0.05) is 30.1 Å². The van der Waals surface area contributed by atoms with Crippen LogP contribution in [0, 0.1) is 0 Å². The number of ketones is 1. The number of nitrogens with zero attached hydrogens (tertiary/aromatic N) is 1. The zero-order valence-electron chi connectivity index (χ0n) is 8.57. The van der Waals surface area contributed by atoms with Crippen molar-refractivity contribution in [3.05, 3.63) is 30.1 Å². The van der Waals surface area contributed by atoms with Crippen LogP contribution in [0.2, 0.25) is 0 Å². The lowest BCUT2D eigenvalue weighted by molar-refractivity contribution is -0.114. The number of pyridine rings is 1. The Balaban J connectivity index is 2.37. The minimum absolute atomic E-state index is 0.200. The van der Waals surface area contributed by atoms with Crippen LogP contribution in [0.5, 0.6) is 0 Å². The van der Waals surface area contributed by atoms with Crippen LogP contribution >= 0.6 is 0 Å². The van der Waals surface area contributed by atoms with Crippen LogP contribution in [-0.4, -0.2) is 10.8 Å². The van der Waals surface area contributed by atoms with Crippen molar-refractivity contribution in [2.45, 2.75) is 25.7 Å². The van der Waals surface area contributed by atoms with Gasteiger partial charge in [0.2, 0.25) is 0 Å². The van der Waals surface area contributed by atoms with Gasteiger partial charge in [-0.3, -0.25) is 9.78 Å². The van der Waals surface area contributed by atoms with Gasteiger partial charge in [0.1, 0.15) is 0 Å². The summed E-state index contributed by atoms with van der Waals surface area (Å²) in [6, 6.07) is 1.77. The summed E-state index contributed by atoms with van der Waals surface area (Å²) in [4.78, 5) is 15.5. The summed E-state index contributed by atoms with van der Waals surface area (Å²) in [5.74, 6) is 0.200. The fraction of sp³-hybridized carbons (Fsp3) is 0.333. The average molecular weight is 202 g/mol. The Morgan fingerprint density at radius 2 is 2.07 bits per heavy atom. The summed E-state index contributed by atoms with van der Waals surface area (Å²) in [6.45, 7) is 0. The smallest absolute Gasteiger partial charge is 0.155 e. The molecule has 1 aliphatic rings. The molecule has 1 aromatic heterocycles. The Kier molecular flexibility index (Phi) is 2.81. The molecule has 0 aromatic carbocycles. The largest absolute Gasteiger partial charge is 0.398 e. The summed E-state index contributed by atoms with van der Waals surface area (Å²) in [6.07, 6.45) is 8.72. The highest BCUT2D eigenvalue weighted by molar-refractivity contribution is 5.98. The van der Waals surface area contributed by atoms with Crippen molar-refractivity contribution in [1.82, 2.24) is 4.98 Å². The molecule has 0 unspecified atom stereocenters. The van der Waals surface area contributed by atoms with Gasteiger partial charge in [-0.05, 0) is 37.0 Å². The van der Waals surface area contributed by atoms with Crippen molar-refractivity contribution >= 4 is 17.0 Å². The van der Waals surface area contributed by atoms with E-state index in [0.717, 1.165) is 30.4 Å². The van der Waals surface area contributed by atoms with Crippen LogP contribution in [0.4, 0.5) is 5.69 Å². The third-order valence-electron chi connectivity index (χ3n) is 2.66. The molecule has 0 aliphatic heterocycles. The van der Waals surface area contributed by atoms with E-state index in [1.807, 2.05) is 0 Å². The van der Waals surface area contributed by atoms with Gasteiger partial charge in [-0.1, -0.05) is 0 Å². The van der Waals surface area contributed by atoms with E-state index in [1.165, 1.54) is 0 Å². The first-order valence-corrected chi connectivity index (χ1v) is 5.20. The standard InChI is InChI=1S/C12H14N2O/c13-12-5-6-14-8-11(12)9-3-1-2-4-10(15)7-9/h5-8H,1-4H2,(H2,13,14). The first kappa shape index (κ1) is 9.90. The third kappa shape index (κ3) is 2.24. The van der Waals surface area contributed by atoms with Crippen LogP contribution in [0.25, 0.3) is 5.57 Å². The summed E-state index contributed by atoms with van der Waals surface area (Å²) >= 11 is 0. The molecule has 3 nitrogen and oxygen atoms in total. The van der Waals surface area contributed by atoms with Gasteiger partial charge in [-0.15, -0.1) is 0 Å². The highest BCUT2D eigenvalue weighted by Gasteiger charge is 2.11. The number of nitrogens with two attached hydrogens (primary N) is 1. The first-order chi connectivity index (χ1) is 7.27. The molecule has 0 saturated carbocycles. The number of carbonyl (C=O) groups is 1. The Hall–Kier alpha value is -1.64. The maximum atomic E-state index is 11.4. The van der Waals surface area contributed by atoms with E-state index in [-0.39, 0.29) is 5.78 Å². The van der Waals surface area contributed by atoms with E-state index in [1.54, 1.807) is 24.5 Å².